The van der Waals surface area contributed by atoms with E-state index in [9.17, 15) is 0 Å². The van der Waals surface area contributed by atoms with Crippen molar-refractivity contribution in [3.63, 3.8) is 0 Å². The van der Waals surface area contributed by atoms with E-state index in [1.165, 1.54) is 32.1 Å². The summed E-state index contributed by atoms with van der Waals surface area (Å²) < 4.78 is 5.38. The van der Waals surface area contributed by atoms with Crippen molar-refractivity contribution in [2.45, 2.75) is 77.7 Å². The van der Waals surface area contributed by atoms with E-state index < -0.39 is 0 Å². The van der Waals surface area contributed by atoms with E-state index in [0.29, 0.717) is 5.92 Å². The molecule has 0 aliphatic heterocycles. The van der Waals surface area contributed by atoms with Crippen molar-refractivity contribution in [1.29, 1.82) is 0 Å². The van der Waals surface area contributed by atoms with Gasteiger partial charge in [-0.15, -0.1) is 0 Å². The quantitative estimate of drug-likeness (QED) is 0.893. The van der Waals surface area contributed by atoms with E-state index in [1.807, 2.05) is 0 Å². The number of nitrogens with zero attached hydrogens (tertiary/aromatic N) is 2. The molecule has 0 unspecified atom stereocenters. The van der Waals surface area contributed by atoms with Gasteiger partial charge in [-0.25, -0.2) is 0 Å². The van der Waals surface area contributed by atoms with Crippen molar-refractivity contribution < 1.29 is 4.52 Å². The zero-order valence-electron chi connectivity index (χ0n) is 13.4. The third kappa shape index (κ3) is 4.58. The molecule has 0 atom stereocenters. The van der Waals surface area contributed by atoms with Gasteiger partial charge < -0.3 is 9.84 Å². The largest absolute Gasteiger partial charge is 0.339 e. The number of nitrogens with one attached hydrogen (secondary N) is 1. The Kier molecular flexibility index (Phi) is 5.19. The fraction of sp³-hybridized carbons (Fsp3) is 0.875. The smallest absolute Gasteiger partial charge is 0.227 e. The third-order valence-corrected chi connectivity index (χ3v) is 4.27. The normalized spacial score (nSPS) is 24.0. The molecule has 4 heteroatoms. The molecular weight excluding hydrogens is 250 g/mol. The molecule has 1 aliphatic carbocycles. The first-order chi connectivity index (χ1) is 9.48. The van der Waals surface area contributed by atoms with Crippen LogP contribution in [0.25, 0.3) is 0 Å². The van der Waals surface area contributed by atoms with Crippen LogP contribution in [-0.4, -0.2) is 22.2 Å². The second-order valence-electron chi connectivity index (χ2n) is 7.10. The molecule has 0 aromatic carbocycles. The maximum Gasteiger partial charge on any atom is 0.227 e. The maximum absolute atomic E-state index is 5.38. The highest BCUT2D eigenvalue weighted by atomic mass is 16.5. The Balaban J connectivity index is 1.80. The Morgan fingerprint density at radius 1 is 1.20 bits per heavy atom. The second kappa shape index (κ2) is 6.70. The van der Waals surface area contributed by atoms with E-state index in [2.05, 4.69) is 43.2 Å². The fourth-order valence-electron chi connectivity index (χ4n) is 2.91. The Hall–Kier alpha value is -0.900. The van der Waals surface area contributed by atoms with Crippen molar-refractivity contribution in [2.24, 2.45) is 5.92 Å². The van der Waals surface area contributed by atoms with Crippen LogP contribution in [0.5, 0.6) is 0 Å². The highest BCUT2D eigenvalue weighted by molar-refractivity contribution is 4.98. The monoisotopic (exact) mass is 279 g/mol. The van der Waals surface area contributed by atoms with Gasteiger partial charge in [0.2, 0.25) is 5.89 Å². The van der Waals surface area contributed by atoms with Gasteiger partial charge >= 0.3 is 0 Å². The predicted molar refractivity (Wildman–Crippen MR) is 80.7 cm³/mol. The molecule has 0 bridgehead atoms. The molecule has 1 saturated carbocycles. The average Bonchev–Trinajstić information content (AvgIpc) is 2.86. The summed E-state index contributed by atoms with van der Waals surface area (Å²) in [6.07, 6.45) is 7.19. The van der Waals surface area contributed by atoms with Gasteiger partial charge in [0.1, 0.15) is 0 Å². The van der Waals surface area contributed by atoms with Crippen molar-refractivity contribution in [1.82, 2.24) is 15.5 Å². The van der Waals surface area contributed by atoms with E-state index in [0.717, 1.165) is 30.6 Å². The first-order valence-electron chi connectivity index (χ1n) is 8.05. The minimum absolute atomic E-state index is 0.140. The van der Waals surface area contributed by atoms with E-state index in [-0.39, 0.29) is 5.54 Å². The van der Waals surface area contributed by atoms with Crippen molar-refractivity contribution >= 4 is 0 Å². The van der Waals surface area contributed by atoms with Crippen LogP contribution in [0.4, 0.5) is 0 Å². The highest BCUT2D eigenvalue weighted by Crippen LogP contribution is 2.35. The first kappa shape index (κ1) is 15.5. The molecule has 114 valence electrons. The minimum Gasteiger partial charge on any atom is -0.339 e. The summed E-state index contributed by atoms with van der Waals surface area (Å²) >= 11 is 0. The number of aromatic nitrogens is 2. The Morgan fingerprint density at radius 3 is 2.50 bits per heavy atom. The van der Waals surface area contributed by atoms with Crippen LogP contribution < -0.4 is 5.32 Å². The van der Waals surface area contributed by atoms with Crippen LogP contribution in [0.15, 0.2) is 4.52 Å². The molecule has 1 N–H and O–H groups in total. The molecule has 0 saturated heterocycles. The number of rotatable bonds is 5. The molecular formula is C16H29N3O. The van der Waals surface area contributed by atoms with Crippen LogP contribution in [0, 0.1) is 5.92 Å². The number of hydrogen-bond acceptors (Lipinski definition) is 4. The molecule has 1 aliphatic rings. The molecule has 1 aromatic heterocycles. The summed E-state index contributed by atoms with van der Waals surface area (Å²) in [7, 11) is 0. The lowest BCUT2D eigenvalue weighted by Crippen LogP contribution is -2.37. The summed E-state index contributed by atoms with van der Waals surface area (Å²) in [5, 5.41) is 7.64. The molecule has 1 aromatic rings. The van der Waals surface area contributed by atoms with Crippen molar-refractivity contribution in [3.05, 3.63) is 11.7 Å². The van der Waals surface area contributed by atoms with Crippen LogP contribution >= 0.6 is 0 Å². The topological polar surface area (TPSA) is 51.0 Å². The van der Waals surface area contributed by atoms with E-state index >= 15 is 0 Å². The first-order valence-corrected chi connectivity index (χ1v) is 8.05. The van der Waals surface area contributed by atoms with Gasteiger partial charge in [0.15, 0.2) is 5.82 Å². The molecule has 1 fully saturated rings. The highest BCUT2D eigenvalue weighted by Gasteiger charge is 2.25. The summed E-state index contributed by atoms with van der Waals surface area (Å²) in [6, 6.07) is 0. The summed E-state index contributed by atoms with van der Waals surface area (Å²) in [4.78, 5) is 4.59. The van der Waals surface area contributed by atoms with E-state index in [1.54, 1.807) is 0 Å². The van der Waals surface area contributed by atoms with Gasteiger partial charge in [0.05, 0.1) is 0 Å². The van der Waals surface area contributed by atoms with Crippen LogP contribution in [-0.2, 0) is 6.42 Å². The summed E-state index contributed by atoms with van der Waals surface area (Å²) in [5.74, 6) is 3.14. The van der Waals surface area contributed by atoms with Crippen LogP contribution in [0.2, 0.25) is 0 Å². The standard InChI is InChI=1S/C16H29N3O/c1-5-12-6-8-13(9-7-12)15-18-14(20-19-15)10-11-17-16(2,3)4/h12-13,17H,5-11H2,1-4H3. The molecule has 0 radical (unpaired) electrons. The number of hydrogen-bond donors (Lipinski definition) is 1. The lowest BCUT2D eigenvalue weighted by atomic mass is 9.80. The van der Waals surface area contributed by atoms with Crippen molar-refractivity contribution in [3.8, 4) is 0 Å². The fourth-order valence-corrected chi connectivity index (χ4v) is 2.91. The van der Waals surface area contributed by atoms with Gasteiger partial charge in [-0.2, -0.15) is 4.98 Å². The molecule has 2 rings (SSSR count). The summed E-state index contributed by atoms with van der Waals surface area (Å²) in [6.45, 7) is 9.67. The Labute approximate surface area is 122 Å². The zero-order chi connectivity index (χ0) is 14.6. The predicted octanol–water partition coefficient (Wildman–Crippen LogP) is 3.68. The van der Waals surface area contributed by atoms with Gasteiger partial charge in [-0.3, -0.25) is 0 Å². The molecule has 0 spiro atoms. The molecule has 4 nitrogen and oxygen atoms in total. The second-order valence-corrected chi connectivity index (χ2v) is 7.10. The van der Waals surface area contributed by atoms with Gasteiger partial charge in [-0.05, 0) is 52.4 Å². The molecule has 1 heterocycles. The van der Waals surface area contributed by atoms with Crippen LogP contribution in [0.1, 0.15) is 77.4 Å². The van der Waals surface area contributed by atoms with E-state index in [4.69, 9.17) is 4.52 Å². The van der Waals surface area contributed by atoms with Crippen LogP contribution in [0.3, 0.4) is 0 Å². The molecule has 20 heavy (non-hydrogen) atoms. The third-order valence-electron chi connectivity index (χ3n) is 4.27. The van der Waals surface area contributed by atoms with Gasteiger partial charge in [0.25, 0.3) is 0 Å². The SMILES string of the molecule is CCC1CCC(c2noc(CCNC(C)(C)C)n2)CC1. The lowest BCUT2D eigenvalue weighted by Gasteiger charge is -2.25. The summed E-state index contributed by atoms with van der Waals surface area (Å²) in [5.41, 5.74) is 0.140. The zero-order valence-corrected chi connectivity index (χ0v) is 13.4. The van der Waals surface area contributed by atoms with Gasteiger partial charge in [-0.1, -0.05) is 18.5 Å². The Bertz CT molecular complexity index is 400. The van der Waals surface area contributed by atoms with Gasteiger partial charge in [0, 0.05) is 24.4 Å². The Morgan fingerprint density at radius 2 is 1.90 bits per heavy atom. The minimum atomic E-state index is 0.140. The maximum atomic E-state index is 5.38. The van der Waals surface area contributed by atoms with Crippen molar-refractivity contribution in [2.75, 3.05) is 6.54 Å². The molecule has 0 amide bonds. The lowest BCUT2D eigenvalue weighted by molar-refractivity contribution is 0.302. The average molecular weight is 279 g/mol.